The number of hydrogen-bond acceptors (Lipinski definition) is 2. The van der Waals surface area contributed by atoms with Crippen molar-refractivity contribution in [3.63, 3.8) is 0 Å². The summed E-state index contributed by atoms with van der Waals surface area (Å²) in [6, 6.07) is 0. The molecule has 0 aromatic heterocycles. The van der Waals surface area contributed by atoms with Crippen LogP contribution in [0.4, 0.5) is 0 Å². The molecule has 94 valence electrons. The van der Waals surface area contributed by atoms with Crippen LogP contribution < -0.4 is 0 Å². The monoisotopic (exact) mass is 227 g/mol. The van der Waals surface area contributed by atoms with Crippen molar-refractivity contribution in [1.29, 1.82) is 0 Å². The van der Waals surface area contributed by atoms with Crippen molar-refractivity contribution >= 4 is 5.91 Å². The SMILES string of the molecule is CN(CCCCCO)C(=O)C1(C)CCCC1. The number of aliphatic hydroxyl groups is 1. The van der Waals surface area contributed by atoms with Gasteiger partial charge in [-0.1, -0.05) is 19.8 Å². The average Bonchev–Trinajstić information content (AvgIpc) is 2.71. The molecule has 1 fully saturated rings. The number of nitrogens with zero attached hydrogens (tertiary/aromatic N) is 1. The van der Waals surface area contributed by atoms with Crippen molar-refractivity contribution in [3.8, 4) is 0 Å². The van der Waals surface area contributed by atoms with E-state index >= 15 is 0 Å². The zero-order valence-corrected chi connectivity index (χ0v) is 10.7. The highest BCUT2D eigenvalue weighted by Crippen LogP contribution is 2.38. The van der Waals surface area contributed by atoms with Gasteiger partial charge in [0, 0.05) is 25.6 Å². The van der Waals surface area contributed by atoms with E-state index in [0.717, 1.165) is 38.6 Å². The predicted molar refractivity (Wildman–Crippen MR) is 65.1 cm³/mol. The molecule has 1 saturated carbocycles. The Balaban J connectivity index is 2.30. The van der Waals surface area contributed by atoms with Crippen LogP contribution in [0.25, 0.3) is 0 Å². The van der Waals surface area contributed by atoms with Gasteiger partial charge in [-0.3, -0.25) is 4.79 Å². The minimum atomic E-state index is -0.0915. The minimum Gasteiger partial charge on any atom is -0.396 e. The summed E-state index contributed by atoms with van der Waals surface area (Å²) in [5, 5.41) is 8.67. The molecule has 0 unspecified atom stereocenters. The third-order valence-corrected chi connectivity index (χ3v) is 3.72. The second kappa shape index (κ2) is 6.24. The molecule has 0 aliphatic heterocycles. The van der Waals surface area contributed by atoms with Crippen molar-refractivity contribution in [2.75, 3.05) is 20.2 Å². The van der Waals surface area contributed by atoms with Crippen LogP contribution in [0, 0.1) is 5.41 Å². The maximum Gasteiger partial charge on any atom is 0.228 e. The average molecular weight is 227 g/mol. The topological polar surface area (TPSA) is 40.5 Å². The number of amides is 1. The van der Waals surface area contributed by atoms with Gasteiger partial charge >= 0.3 is 0 Å². The van der Waals surface area contributed by atoms with Gasteiger partial charge in [-0.25, -0.2) is 0 Å². The van der Waals surface area contributed by atoms with Gasteiger partial charge in [0.05, 0.1) is 0 Å². The number of rotatable bonds is 6. The van der Waals surface area contributed by atoms with E-state index in [-0.39, 0.29) is 12.0 Å². The third-order valence-electron chi connectivity index (χ3n) is 3.72. The Morgan fingerprint density at radius 1 is 1.25 bits per heavy atom. The van der Waals surface area contributed by atoms with E-state index in [1.807, 2.05) is 11.9 Å². The number of carbonyl (C=O) groups is 1. The first-order valence-electron chi connectivity index (χ1n) is 6.46. The maximum atomic E-state index is 12.2. The minimum absolute atomic E-state index is 0.0915. The maximum absolute atomic E-state index is 12.2. The molecule has 0 spiro atoms. The zero-order chi connectivity index (χ0) is 12.0. The summed E-state index contributed by atoms with van der Waals surface area (Å²) in [4.78, 5) is 14.1. The largest absolute Gasteiger partial charge is 0.396 e. The van der Waals surface area contributed by atoms with Crippen LogP contribution in [0.15, 0.2) is 0 Å². The number of aliphatic hydroxyl groups excluding tert-OH is 1. The molecule has 3 heteroatoms. The van der Waals surface area contributed by atoms with E-state index in [1.165, 1.54) is 12.8 Å². The molecule has 16 heavy (non-hydrogen) atoms. The lowest BCUT2D eigenvalue weighted by Crippen LogP contribution is -2.39. The molecule has 0 bridgehead atoms. The lowest BCUT2D eigenvalue weighted by atomic mass is 9.87. The molecule has 1 N–H and O–H groups in total. The van der Waals surface area contributed by atoms with Crippen molar-refractivity contribution in [1.82, 2.24) is 4.90 Å². The second-order valence-corrected chi connectivity index (χ2v) is 5.28. The first-order chi connectivity index (χ1) is 7.60. The zero-order valence-electron chi connectivity index (χ0n) is 10.7. The van der Waals surface area contributed by atoms with Gasteiger partial charge < -0.3 is 10.0 Å². The molecular weight excluding hydrogens is 202 g/mol. The van der Waals surface area contributed by atoms with Crippen LogP contribution in [0.2, 0.25) is 0 Å². The number of unbranched alkanes of at least 4 members (excludes halogenated alkanes) is 2. The highest BCUT2D eigenvalue weighted by atomic mass is 16.2. The van der Waals surface area contributed by atoms with Gasteiger partial charge in [0.15, 0.2) is 0 Å². The predicted octanol–water partition coefficient (Wildman–Crippen LogP) is 2.19. The molecule has 0 saturated heterocycles. The Labute approximate surface area is 98.8 Å². The van der Waals surface area contributed by atoms with Crippen LogP contribution in [0.5, 0.6) is 0 Å². The summed E-state index contributed by atoms with van der Waals surface area (Å²) >= 11 is 0. The molecule has 3 nitrogen and oxygen atoms in total. The molecular formula is C13H25NO2. The molecule has 1 aliphatic carbocycles. The van der Waals surface area contributed by atoms with E-state index < -0.39 is 0 Å². The van der Waals surface area contributed by atoms with E-state index in [2.05, 4.69) is 6.92 Å². The lowest BCUT2D eigenvalue weighted by Gasteiger charge is -2.28. The van der Waals surface area contributed by atoms with E-state index in [4.69, 9.17) is 5.11 Å². The molecule has 0 atom stereocenters. The fourth-order valence-corrected chi connectivity index (χ4v) is 2.57. The van der Waals surface area contributed by atoms with Crippen molar-refractivity contribution in [3.05, 3.63) is 0 Å². The smallest absolute Gasteiger partial charge is 0.228 e. The van der Waals surface area contributed by atoms with E-state index in [0.29, 0.717) is 5.91 Å². The van der Waals surface area contributed by atoms with Crippen LogP contribution in [-0.4, -0.2) is 36.1 Å². The van der Waals surface area contributed by atoms with Crippen molar-refractivity contribution in [2.45, 2.75) is 51.9 Å². The molecule has 1 aliphatic rings. The van der Waals surface area contributed by atoms with Gasteiger partial charge in [0.25, 0.3) is 0 Å². The van der Waals surface area contributed by atoms with Gasteiger partial charge in [-0.05, 0) is 32.1 Å². The van der Waals surface area contributed by atoms with Crippen molar-refractivity contribution < 1.29 is 9.90 Å². The summed E-state index contributed by atoms with van der Waals surface area (Å²) in [6.45, 7) is 3.19. The Morgan fingerprint density at radius 2 is 1.88 bits per heavy atom. The van der Waals surface area contributed by atoms with Gasteiger partial charge in [0.1, 0.15) is 0 Å². The second-order valence-electron chi connectivity index (χ2n) is 5.28. The van der Waals surface area contributed by atoms with Gasteiger partial charge in [-0.2, -0.15) is 0 Å². The normalized spacial score (nSPS) is 18.7. The highest BCUT2D eigenvalue weighted by Gasteiger charge is 2.37. The number of carbonyl (C=O) groups excluding carboxylic acids is 1. The van der Waals surface area contributed by atoms with Crippen molar-refractivity contribution in [2.24, 2.45) is 5.41 Å². The third kappa shape index (κ3) is 3.48. The standard InChI is InChI=1S/C13H25NO2/c1-13(8-4-5-9-13)12(16)14(2)10-6-3-7-11-15/h15H,3-11H2,1-2H3. The highest BCUT2D eigenvalue weighted by molar-refractivity contribution is 5.82. The molecule has 1 amide bonds. The molecule has 0 radical (unpaired) electrons. The van der Waals surface area contributed by atoms with Crippen LogP contribution in [0.1, 0.15) is 51.9 Å². The molecule has 0 heterocycles. The van der Waals surface area contributed by atoms with Gasteiger partial charge in [-0.15, -0.1) is 0 Å². The van der Waals surface area contributed by atoms with Crippen LogP contribution in [0.3, 0.4) is 0 Å². The fourth-order valence-electron chi connectivity index (χ4n) is 2.57. The Hall–Kier alpha value is -0.570. The Bertz CT molecular complexity index is 222. The number of hydrogen-bond donors (Lipinski definition) is 1. The summed E-state index contributed by atoms with van der Waals surface area (Å²) in [6.07, 6.45) is 7.34. The fraction of sp³-hybridized carbons (Fsp3) is 0.923. The van der Waals surface area contributed by atoms with Crippen LogP contribution in [-0.2, 0) is 4.79 Å². The molecule has 1 rings (SSSR count). The van der Waals surface area contributed by atoms with Crippen LogP contribution >= 0.6 is 0 Å². The first-order valence-corrected chi connectivity index (χ1v) is 6.46. The Kier molecular flexibility index (Phi) is 5.26. The summed E-state index contributed by atoms with van der Waals surface area (Å²) in [7, 11) is 1.91. The summed E-state index contributed by atoms with van der Waals surface area (Å²) < 4.78 is 0. The van der Waals surface area contributed by atoms with E-state index in [9.17, 15) is 4.79 Å². The Morgan fingerprint density at radius 3 is 2.44 bits per heavy atom. The van der Waals surface area contributed by atoms with Gasteiger partial charge in [0.2, 0.25) is 5.91 Å². The van der Waals surface area contributed by atoms with E-state index in [1.54, 1.807) is 0 Å². The summed E-state index contributed by atoms with van der Waals surface area (Å²) in [5.41, 5.74) is -0.0915. The first kappa shape index (κ1) is 13.5. The molecule has 0 aromatic carbocycles. The quantitative estimate of drug-likeness (QED) is 0.707. The lowest BCUT2D eigenvalue weighted by molar-refractivity contribution is -0.139. The summed E-state index contributed by atoms with van der Waals surface area (Å²) in [5.74, 6) is 0.314. The molecule has 0 aromatic rings.